The first-order chi connectivity index (χ1) is 9.31. The second-order valence-corrected chi connectivity index (χ2v) is 4.06. The van der Waals surface area contributed by atoms with Crippen molar-refractivity contribution in [2.45, 2.75) is 6.42 Å². The van der Waals surface area contributed by atoms with Crippen LogP contribution >= 0.6 is 0 Å². The minimum atomic E-state index is -0.238. The average molecular weight is 251 g/mol. The fourth-order valence-corrected chi connectivity index (χ4v) is 1.77. The number of hydrogen-bond donors (Lipinski definition) is 0. The molecule has 1 aromatic carbocycles. The van der Waals surface area contributed by atoms with E-state index in [1.165, 1.54) is 12.1 Å². The van der Waals surface area contributed by atoms with Gasteiger partial charge in [0.2, 0.25) is 0 Å². The molecule has 4 heteroatoms. The molecule has 0 bridgehead atoms. The molecule has 0 atom stereocenters. The third-order valence-electron chi connectivity index (χ3n) is 2.66. The normalized spacial score (nSPS) is 10.2. The molecule has 0 radical (unpaired) electrons. The lowest BCUT2D eigenvalue weighted by Gasteiger charge is -1.94. The number of aromatic nitrogens is 3. The second-order valence-electron chi connectivity index (χ2n) is 4.06. The van der Waals surface area contributed by atoms with Crippen LogP contribution in [-0.2, 0) is 6.42 Å². The number of nitrogens with zero attached hydrogens (tertiary/aromatic N) is 3. The molecule has 0 aliphatic carbocycles. The number of fused-ring (bicyclic) bond motifs is 1. The van der Waals surface area contributed by atoms with E-state index >= 15 is 0 Å². The Hall–Kier alpha value is -2.67. The Kier molecular flexibility index (Phi) is 2.95. The minimum Gasteiger partial charge on any atom is -0.223 e. The van der Waals surface area contributed by atoms with Crippen LogP contribution in [0.2, 0.25) is 0 Å². The molecule has 0 aliphatic rings. The first-order valence-corrected chi connectivity index (χ1v) is 5.85. The van der Waals surface area contributed by atoms with Crippen LogP contribution in [0, 0.1) is 17.7 Å². The lowest BCUT2D eigenvalue weighted by Crippen LogP contribution is -1.91. The first kappa shape index (κ1) is 11.4. The van der Waals surface area contributed by atoms with Crippen LogP contribution in [0.4, 0.5) is 4.39 Å². The number of hydrogen-bond acceptors (Lipinski definition) is 2. The van der Waals surface area contributed by atoms with Crippen LogP contribution < -0.4 is 0 Å². The summed E-state index contributed by atoms with van der Waals surface area (Å²) in [5.41, 5.74) is 2.31. The molecule has 0 saturated heterocycles. The average Bonchev–Trinajstić information content (AvgIpc) is 2.86. The highest BCUT2D eigenvalue weighted by Gasteiger charge is 1.95. The monoisotopic (exact) mass is 251 g/mol. The van der Waals surface area contributed by atoms with Crippen molar-refractivity contribution in [2.24, 2.45) is 0 Å². The van der Waals surface area contributed by atoms with Gasteiger partial charge in [-0.25, -0.2) is 13.9 Å². The maximum absolute atomic E-state index is 13.0. The van der Waals surface area contributed by atoms with Gasteiger partial charge in [-0.2, -0.15) is 5.10 Å². The summed E-state index contributed by atoms with van der Waals surface area (Å²) in [6, 6.07) is 10.1. The molecular weight excluding hydrogens is 241 g/mol. The Morgan fingerprint density at radius 2 is 2.16 bits per heavy atom. The van der Waals surface area contributed by atoms with Crippen molar-refractivity contribution in [3.05, 3.63) is 65.9 Å². The smallest absolute Gasteiger partial charge is 0.156 e. The van der Waals surface area contributed by atoms with Crippen molar-refractivity contribution >= 4 is 5.65 Å². The van der Waals surface area contributed by atoms with Crippen molar-refractivity contribution in [1.82, 2.24) is 14.6 Å². The van der Waals surface area contributed by atoms with E-state index in [-0.39, 0.29) is 5.82 Å². The van der Waals surface area contributed by atoms with Gasteiger partial charge in [0, 0.05) is 18.7 Å². The predicted molar refractivity (Wildman–Crippen MR) is 70.0 cm³/mol. The molecule has 19 heavy (non-hydrogen) atoms. The summed E-state index contributed by atoms with van der Waals surface area (Å²) in [4.78, 5) is 4.34. The molecule has 0 unspecified atom stereocenters. The van der Waals surface area contributed by atoms with Crippen LogP contribution in [0.3, 0.4) is 0 Å². The SMILES string of the molecule is Fc1cccc(CC#Cc2ccn3nccc3n2)c1. The van der Waals surface area contributed by atoms with Crippen molar-refractivity contribution < 1.29 is 4.39 Å². The standard InChI is InChI=1S/C15H10FN3/c16-13-5-1-3-12(11-13)4-2-6-14-8-10-19-15(18-14)7-9-17-19/h1,3,5,7-11H,4H2. The zero-order valence-corrected chi connectivity index (χ0v) is 10.0. The predicted octanol–water partition coefficient (Wildman–Crippen LogP) is 2.46. The van der Waals surface area contributed by atoms with Crippen molar-refractivity contribution in [3.8, 4) is 11.8 Å². The minimum absolute atomic E-state index is 0.238. The van der Waals surface area contributed by atoms with E-state index in [1.54, 1.807) is 22.8 Å². The molecule has 0 amide bonds. The van der Waals surface area contributed by atoms with Crippen LogP contribution in [-0.4, -0.2) is 14.6 Å². The molecule has 92 valence electrons. The number of rotatable bonds is 1. The summed E-state index contributed by atoms with van der Waals surface area (Å²) in [6.45, 7) is 0. The Balaban J connectivity index is 1.79. The van der Waals surface area contributed by atoms with E-state index in [2.05, 4.69) is 21.9 Å². The maximum Gasteiger partial charge on any atom is 0.156 e. The fourth-order valence-electron chi connectivity index (χ4n) is 1.77. The lowest BCUT2D eigenvalue weighted by molar-refractivity contribution is 0.626. The lowest BCUT2D eigenvalue weighted by atomic mass is 10.1. The van der Waals surface area contributed by atoms with Gasteiger partial charge in [-0.15, -0.1) is 0 Å². The molecule has 3 aromatic rings. The number of benzene rings is 1. The molecule has 0 saturated carbocycles. The zero-order valence-electron chi connectivity index (χ0n) is 10.0. The number of halogens is 1. The van der Waals surface area contributed by atoms with Gasteiger partial charge in [0.15, 0.2) is 5.65 Å². The van der Waals surface area contributed by atoms with Crippen molar-refractivity contribution in [2.75, 3.05) is 0 Å². The largest absolute Gasteiger partial charge is 0.223 e. The summed E-state index contributed by atoms with van der Waals surface area (Å²) in [5.74, 6) is 5.73. The van der Waals surface area contributed by atoms with Crippen molar-refractivity contribution in [3.63, 3.8) is 0 Å². The molecule has 0 aliphatic heterocycles. The van der Waals surface area contributed by atoms with Crippen LogP contribution in [0.15, 0.2) is 48.8 Å². The summed E-state index contributed by atoms with van der Waals surface area (Å²) in [7, 11) is 0. The van der Waals surface area contributed by atoms with Gasteiger partial charge in [-0.3, -0.25) is 0 Å². The van der Waals surface area contributed by atoms with Gasteiger partial charge >= 0.3 is 0 Å². The maximum atomic E-state index is 13.0. The Labute approximate surface area is 109 Å². The zero-order chi connectivity index (χ0) is 13.1. The van der Waals surface area contributed by atoms with Crippen molar-refractivity contribution in [1.29, 1.82) is 0 Å². The van der Waals surface area contributed by atoms with E-state index in [1.807, 2.05) is 18.3 Å². The van der Waals surface area contributed by atoms with E-state index in [0.717, 1.165) is 11.2 Å². The summed E-state index contributed by atoms with van der Waals surface area (Å²) >= 11 is 0. The molecule has 0 N–H and O–H groups in total. The summed E-state index contributed by atoms with van der Waals surface area (Å²) in [6.07, 6.45) is 4.00. The van der Waals surface area contributed by atoms with Crippen LogP contribution in [0.1, 0.15) is 11.3 Å². The first-order valence-electron chi connectivity index (χ1n) is 5.85. The van der Waals surface area contributed by atoms with Gasteiger partial charge in [-0.05, 0) is 29.7 Å². The van der Waals surface area contributed by atoms with Crippen LogP contribution in [0.25, 0.3) is 5.65 Å². The van der Waals surface area contributed by atoms with E-state index in [0.29, 0.717) is 12.1 Å². The Morgan fingerprint density at radius 3 is 3.05 bits per heavy atom. The Morgan fingerprint density at radius 1 is 1.21 bits per heavy atom. The topological polar surface area (TPSA) is 30.2 Å². The summed E-state index contributed by atoms with van der Waals surface area (Å²) < 4.78 is 14.7. The van der Waals surface area contributed by atoms with E-state index in [9.17, 15) is 4.39 Å². The highest BCUT2D eigenvalue weighted by molar-refractivity contribution is 5.41. The molecule has 3 nitrogen and oxygen atoms in total. The molecule has 2 aromatic heterocycles. The van der Waals surface area contributed by atoms with Gasteiger partial charge in [0.1, 0.15) is 11.5 Å². The van der Waals surface area contributed by atoms with E-state index in [4.69, 9.17) is 0 Å². The second kappa shape index (κ2) is 4.91. The Bertz CT molecular complexity index is 780. The molecule has 0 fully saturated rings. The third kappa shape index (κ3) is 2.61. The third-order valence-corrected chi connectivity index (χ3v) is 2.66. The molecule has 2 heterocycles. The fraction of sp³-hybridized carbons (Fsp3) is 0.0667. The summed E-state index contributed by atoms with van der Waals surface area (Å²) in [5, 5.41) is 4.06. The van der Waals surface area contributed by atoms with E-state index < -0.39 is 0 Å². The van der Waals surface area contributed by atoms with Crippen LogP contribution in [0.5, 0.6) is 0 Å². The quantitative estimate of drug-likeness (QED) is 0.622. The molecule has 0 spiro atoms. The van der Waals surface area contributed by atoms with Gasteiger partial charge in [-0.1, -0.05) is 18.1 Å². The molecular formula is C15H10FN3. The highest BCUT2D eigenvalue weighted by Crippen LogP contribution is 2.04. The van der Waals surface area contributed by atoms with Gasteiger partial charge < -0.3 is 0 Å². The molecule has 3 rings (SSSR count). The van der Waals surface area contributed by atoms with Gasteiger partial charge in [0.25, 0.3) is 0 Å². The highest BCUT2D eigenvalue weighted by atomic mass is 19.1. The van der Waals surface area contributed by atoms with Gasteiger partial charge in [0.05, 0.1) is 6.20 Å².